The van der Waals surface area contributed by atoms with Crippen LogP contribution in [0.1, 0.15) is 23.0 Å². The number of ether oxygens (including phenoxy) is 2. The molecule has 1 aromatic carbocycles. The summed E-state index contributed by atoms with van der Waals surface area (Å²) in [5, 5.41) is 1.82. The summed E-state index contributed by atoms with van der Waals surface area (Å²) in [5.74, 6) is -2.23. The van der Waals surface area contributed by atoms with Crippen LogP contribution < -0.4 is 5.32 Å². The summed E-state index contributed by atoms with van der Waals surface area (Å²) < 4.78 is 52.6. The number of alkyl carbamates (subject to hydrolysis) is 1. The molecule has 0 unspecified atom stereocenters. The van der Waals surface area contributed by atoms with Crippen molar-refractivity contribution in [2.75, 3.05) is 13.2 Å². The maximum atomic E-state index is 12.8. The predicted molar refractivity (Wildman–Crippen MR) is 84.6 cm³/mol. The smallest absolute Gasteiger partial charge is 0.416 e. The first-order valence-corrected chi connectivity index (χ1v) is 7.62. The number of halogens is 3. The topological polar surface area (TPSA) is 94.8 Å². The Morgan fingerprint density at radius 2 is 1.85 bits per heavy atom. The fraction of sp³-hybridized carbons (Fsp3) is 0.235. The van der Waals surface area contributed by atoms with Gasteiger partial charge in [0.1, 0.15) is 5.76 Å². The number of furan rings is 1. The number of esters is 1. The molecule has 0 spiro atoms. The third kappa shape index (κ3) is 5.59. The van der Waals surface area contributed by atoms with E-state index in [0.29, 0.717) is 0 Å². The predicted octanol–water partition coefficient (Wildman–Crippen LogP) is 3.39. The van der Waals surface area contributed by atoms with Gasteiger partial charge in [0.2, 0.25) is 5.76 Å². The van der Waals surface area contributed by atoms with E-state index in [-0.39, 0.29) is 23.7 Å². The van der Waals surface area contributed by atoms with Gasteiger partial charge < -0.3 is 13.9 Å². The van der Waals surface area contributed by atoms with Crippen molar-refractivity contribution >= 4 is 18.0 Å². The second-order valence-corrected chi connectivity index (χ2v) is 5.09. The van der Waals surface area contributed by atoms with E-state index >= 15 is 0 Å². The van der Waals surface area contributed by atoms with E-state index in [0.717, 1.165) is 12.1 Å². The highest BCUT2D eigenvalue weighted by atomic mass is 19.4. The van der Waals surface area contributed by atoms with E-state index in [1.807, 2.05) is 5.32 Å². The number of amides is 2. The molecule has 0 bridgehead atoms. The maximum Gasteiger partial charge on any atom is 0.416 e. The number of hydrogen-bond acceptors (Lipinski definition) is 6. The summed E-state index contributed by atoms with van der Waals surface area (Å²) in [6, 6.07) is 6.87. The van der Waals surface area contributed by atoms with Crippen molar-refractivity contribution in [3.05, 3.63) is 47.7 Å². The van der Waals surface area contributed by atoms with Gasteiger partial charge in [0, 0.05) is 5.56 Å². The first-order valence-electron chi connectivity index (χ1n) is 7.62. The summed E-state index contributed by atoms with van der Waals surface area (Å²) in [5.41, 5.74) is -0.750. The van der Waals surface area contributed by atoms with Crippen molar-refractivity contribution in [1.82, 2.24) is 5.32 Å². The Hall–Kier alpha value is -3.30. The minimum atomic E-state index is -4.52. The zero-order valence-electron chi connectivity index (χ0n) is 14.0. The largest absolute Gasteiger partial charge is 0.450 e. The minimum absolute atomic E-state index is 0.0176. The molecule has 10 heteroatoms. The van der Waals surface area contributed by atoms with Crippen LogP contribution in [0.4, 0.5) is 18.0 Å². The molecule has 1 N–H and O–H groups in total. The molecule has 2 aromatic rings. The van der Waals surface area contributed by atoms with Crippen LogP contribution in [0.25, 0.3) is 11.3 Å². The van der Waals surface area contributed by atoms with Gasteiger partial charge in [-0.2, -0.15) is 13.2 Å². The van der Waals surface area contributed by atoms with Gasteiger partial charge in [0.05, 0.1) is 12.2 Å². The fourth-order valence-corrected chi connectivity index (χ4v) is 1.97. The van der Waals surface area contributed by atoms with Crippen molar-refractivity contribution < 1.29 is 41.4 Å². The molecular formula is C17H14F3NO6. The van der Waals surface area contributed by atoms with Gasteiger partial charge >= 0.3 is 18.2 Å². The number of benzene rings is 1. The molecule has 0 aliphatic rings. The average molecular weight is 385 g/mol. The molecule has 27 heavy (non-hydrogen) atoms. The van der Waals surface area contributed by atoms with Gasteiger partial charge in [-0.15, -0.1) is 0 Å². The number of rotatable bonds is 5. The summed E-state index contributed by atoms with van der Waals surface area (Å²) >= 11 is 0. The quantitative estimate of drug-likeness (QED) is 0.793. The Labute approximate surface area is 151 Å². The number of imide groups is 1. The molecule has 2 rings (SSSR count). The van der Waals surface area contributed by atoms with Crippen LogP contribution in [-0.4, -0.2) is 31.2 Å². The molecule has 0 atom stereocenters. The van der Waals surface area contributed by atoms with Crippen molar-refractivity contribution in [2.24, 2.45) is 0 Å². The molecule has 0 aliphatic carbocycles. The number of carbonyl (C=O) groups is 3. The highest BCUT2D eigenvalue weighted by Crippen LogP contribution is 2.32. The van der Waals surface area contributed by atoms with Gasteiger partial charge in [-0.05, 0) is 31.2 Å². The molecule has 0 radical (unpaired) electrons. The molecule has 2 amide bonds. The van der Waals surface area contributed by atoms with E-state index in [2.05, 4.69) is 9.47 Å². The van der Waals surface area contributed by atoms with E-state index in [4.69, 9.17) is 4.42 Å². The Kier molecular flexibility index (Phi) is 6.22. The van der Waals surface area contributed by atoms with Crippen LogP contribution >= 0.6 is 0 Å². The summed E-state index contributed by atoms with van der Waals surface area (Å²) in [4.78, 5) is 34.3. The molecule has 0 aliphatic heterocycles. The van der Waals surface area contributed by atoms with Crippen LogP contribution in [0, 0.1) is 0 Å². The summed E-state index contributed by atoms with van der Waals surface area (Å²) in [7, 11) is 0. The molecular weight excluding hydrogens is 371 g/mol. The molecule has 0 fully saturated rings. The van der Waals surface area contributed by atoms with Crippen LogP contribution in [-0.2, 0) is 20.4 Å². The molecule has 7 nitrogen and oxygen atoms in total. The number of carbonyl (C=O) groups excluding carboxylic acids is 3. The first kappa shape index (κ1) is 20.0. The Balaban J connectivity index is 2.00. The Morgan fingerprint density at radius 3 is 2.52 bits per heavy atom. The van der Waals surface area contributed by atoms with Crippen molar-refractivity contribution in [3.63, 3.8) is 0 Å². The standard InChI is InChI=1S/C17H14F3NO6/c1-2-25-16(24)21-14(22)9-26-15(23)13-7-6-12(27-13)10-4-3-5-11(8-10)17(18,19)20/h3-8H,2,9H2,1H3,(H,21,22,24). The van der Waals surface area contributed by atoms with E-state index < -0.39 is 36.3 Å². The Bertz CT molecular complexity index is 843. The van der Waals surface area contributed by atoms with Crippen molar-refractivity contribution in [1.29, 1.82) is 0 Å². The molecule has 0 saturated heterocycles. The number of nitrogens with one attached hydrogen (secondary N) is 1. The zero-order chi connectivity index (χ0) is 20.0. The van der Waals surface area contributed by atoms with Gasteiger partial charge in [-0.25, -0.2) is 9.59 Å². The molecule has 1 heterocycles. The third-order valence-electron chi connectivity index (χ3n) is 3.13. The molecule has 1 aromatic heterocycles. The highest BCUT2D eigenvalue weighted by molar-refractivity contribution is 5.94. The molecule has 144 valence electrons. The fourth-order valence-electron chi connectivity index (χ4n) is 1.97. The maximum absolute atomic E-state index is 12.8. The van der Waals surface area contributed by atoms with E-state index in [1.165, 1.54) is 24.3 Å². The van der Waals surface area contributed by atoms with Gasteiger partial charge in [-0.1, -0.05) is 12.1 Å². The van der Waals surface area contributed by atoms with Crippen molar-refractivity contribution in [2.45, 2.75) is 13.1 Å². The number of alkyl halides is 3. The SMILES string of the molecule is CCOC(=O)NC(=O)COC(=O)c1ccc(-c2cccc(C(F)(F)F)c2)o1. The first-order chi connectivity index (χ1) is 12.7. The lowest BCUT2D eigenvalue weighted by atomic mass is 10.1. The summed E-state index contributed by atoms with van der Waals surface area (Å²) in [6.45, 7) is 0.837. The average Bonchev–Trinajstić information content (AvgIpc) is 3.09. The van der Waals surface area contributed by atoms with E-state index in [9.17, 15) is 27.6 Å². The van der Waals surface area contributed by atoms with Gasteiger partial charge in [-0.3, -0.25) is 10.1 Å². The minimum Gasteiger partial charge on any atom is -0.450 e. The van der Waals surface area contributed by atoms with Gasteiger partial charge in [0.15, 0.2) is 6.61 Å². The lowest BCUT2D eigenvalue weighted by Gasteiger charge is -2.07. The Morgan fingerprint density at radius 1 is 1.11 bits per heavy atom. The zero-order valence-corrected chi connectivity index (χ0v) is 14.0. The second kappa shape index (κ2) is 8.39. The van der Waals surface area contributed by atoms with Crippen LogP contribution in [0.15, 0.2) is 40.8 Å². The lowest BCUT2D eigenvalue weighted by Crippen LogP contribution is -2.34. The highest BCUT2D eigenvalue weighted by Gasteiger charge is 2.30. The van der Waals surface area contributed by atoms with Gasteiger partial charge in [0.25, 0.3) is 5.91 Å². The van der Waals surface area contributed by atoms with Crippen LogP contribution in [0.5, 0.6) is 0 Å². The van der Waals surface area contributed by atoms with Crippen LogP contribution in [0.2, 0.25) is 0 Å². The normalized spacial score (nSPS) is 11.0. The van der Waals surface area contributed by atoms with Crippen LogP contribution in [0.3, 0.4) is 0 Å². The number of hydrogen-bond donors (Lipinski definition) is 1. The van der Waals surface area contributed by atoms with Crippen molar-refractivity contribution in [3.8, 4) is 11.3 Å². The monoisotopic (exact) mass is 385 g/mol. The lowest BCUT2D eigenvalue weighted by molar-refractivity contribution is -0.137. The second-order valence-electron chi connectivity index (χ2n) is 5.09. The van der Waals surface area contributed by atoms with E-state index in [1.54, 1.807) is 6.92 Å². The molecule has 0 saturated carbocycles. The third-order valence-corrected chi connectivity index (χ3v) is 3.13. The summed E-state index contributed by atoms with van der Waals surface area (Å²) in [6.07, 6.45) is -5.50.